The lowest BCUT2D eigenvalue weighted by atomic mass is 9.98. The minimum Gasteiger partial charge on any atom is -0.453 e. The molecule has 0 aliphatic carbocycles. The lowest BCUT2D eigenvalue weighted by Gasteiger charge is -2.16. The number of hydrogen-bond acceptors (Lipinski definition) is 4. The molecule has 0 heterocycles. The van der Waals surface area contributed by atoms with Gasteiger partial charge >= 0.3 is 12.1 Å². The van der Waals surface area contributed by atoms with Crippen molar-refractivity contribution in [1.82, 2.24) is 5.32 Å². The van der Waals surface area contributed by atoms with E-state index in [4.69, 9.17) is 4.74 Å². The van der Waals surface area contributed by atoms with E-state index in [1.807, 2.05) is 0 Å². The van der Waals surface area contributed by atoms with Crippen LogP contribution in [0, 0.1) is 5.41 Å². The Morgan fingerprint density at radius 2 is 1.85 bits per heavy atom. The Kier molecular flexibility index (Phi) is 4.23. The molecule has 0 aliphatic rings. The maximum atomic E-state index is 11.1. The number of ether oxygens (including phenoxy) is 2. The van der Waals surface area contributed by atoms with E-state index in [0.29, 0.717) is 0 Å². The summed E-state index contributed by atoms with van der Waals surface area (Å²) in [5.74, 6) is -0.371. The molecule has 0 aromatic heterocycles. The van der Waals surface area contributed by atoms with Crippen molar-refractivity contribution in [3.8, 4) is 0 Å². The van der Waals surface area contributed by atoms with Crippen LogP contribution < -0.4 is 5.32 Å². The van der Waals surface area contributed by atoms with Crippen LogP contribution >= 0.6 is 0 Å². The summed E-state index contributed by atoms with van der Waals surface area (Å²) in [6, 6.07) is 0. The first kappa shape index (κ1) is 11.7. The zero-order valence-electron chi connectivity index (χ0n) is 8.34. The zero-order valence-corrected chi connectivity index (χ0v) is 8.34. The van der Waals surface area contributed by atoms with Crippen molar-refractivity contribution >= 4 is 12.1 Å². The fraction of sp³-hybridized carbons (Fsp3) is 0.750. The van der Waals surface area contributed by atoms with E-state index >= 15 is 0 Å². The van der Waals surface area contributed by atoms with Crippen LogP contribution in [0.5, 0.6) is 0 Å². The Morgan fingerprint density at radius 1 is 1.31 bits per heavy atom. The van der Waals surface area contributed by atoms with E-state index in [1.165, 1.54) is 7.11 Å². The molecule has 1 amide bonds. The van der Waals surface area contributed by atoms with Crippen LogP contribution in [0.4, 0.5) is 4.79 Å². The topological polar surface area (TPSA) is 64.6 Å². The van der Waals surface area contributed by atoms with Crippen molar-refractivity contribution in [1.29, 1.82) is 0 Å². The number of methoxy groups -OCH3 is 1. The predicted octanol–water partition coefficient (Wildman–Crippen LogP) is 0.889. The maximum Gasteiger partial charge on any atom is 0.409 e. The molecule has 0 saturated heterocycles. The highest BCUT2D eigenvalue weighted by Gasteiger charge is 2.22. The van der Waals surface area contributed by atoms with E-state index in [0.717, 1.165) is 0 Å². The third-order valence-electron chi connectivity index (χ3n) is 1.22. The van der Waals surface area contributed by atoms with Crippen molar-refractivity contribution in [2.45, 2.75) is 20.8 Å². The monoisotopic (exact) mass is 189 g/mol. The maximum absolute atomic E-state index is 11.1. The molecule has 0 spiro atoms. The summed E-state index contributed by atoms with van der Waals surface area (Å²) in [7, 11) is 1.24. The molecule has 0 atom stereocenters. The van der Waals surface area contributed by atoms with E-state index in [9.17, 15) is 9.59 Å². The van der Waals surface area contributed by atoms with E-state index in [2.05, 4.69) is 10.1 Å². The van der Waals surface area contributed by atoms with Crippen LogP contribution in [0.3, 0.4) is 0 Å². The number of hydrogen-bond donors (Lipinski definition) is 1. The number of amides is 1. The van der Waals surface area contributed by atoms with Crippen LogP contribution in [0.2, 0.25) is 0 Å². The van der Waals surface area contributed by atoms with Gasteiger partial charge in [-0.1, -0.05) is 0 Å². The van der Waals surface area contributed by atoms with Crippen LogP contribution in [0.15, 0.2) is 0 Å². The molecule has 0 bridgehead atoms. The van der Waals surface area contributed by atoms with Crippen molar-refractivity contribution in [3.63, 3.8) is 0 Å². The number of carbonyl (C=O) groups is 2. The van der Waals surface area contributed by atoms with Crippen molar-refractivity contribution in [3.05, 3.63) is 0 Å². The predicted molar refractivity (Wildman–Crippen MR) is 46.0 cm³/mol. The number of esters is 1. The Bertz CT molecular complexity index is 195. The van der Waals surface area contributed by atoms with Crippen molar-refractivity contribution in [2.24, 2.45) is 5.41 Å². The lowest BCUT2D eigenvalue weighted by Crippen LogP contribution is -2.31. The van der Waals surface area contributed by atoms with Gasteiger partial charge in [-0.2, -0.15) is 0 Å². The number of alkyl carbamates (subject to hydrolysis) is 1. The molecule has 5 nitrogen and oxygen atoms in total. The minimum absolute atomic E-state index is 0.164. The van der Waals surface area contributed by atoms with Gasteiger partial charge in [0.2, 0.25) is 0 Å². The molecule has 13 heavy (non-hydrogen) atoms. The number of rotatable bonds is 2. The quantitative estimate of drug-likeness (QED) is 0.517. The van der Waals surface area contributed by atoms with Gasteiger partial charge in [0.15, 0.2) is 6.73 Å². The van der Waals surface area contributed by atoms with Gasteiger partial charge in [-0.25, -0.2) is 4.79 Å². The Morgan fingerprint density at radius 3 is 2.23 bits per heavy atom. The smallest absolute Gasteiger partial charge is 0.409 e. The molecule has 0 aromatic carbocycles. The number of nitrogens with one attached hydrogen (secondary N) is 1. The van der Waals surface area contributed by atoms with Gasteiger partial charge in [-0.05, 0) is 20.8 Å². The molecule has 0 unspecified atom stereocenters. The van der Waals surface area contributed by atoms with E-state index in [-0.39, 0.29) is 12.7 Å². The molecule has 5 heteroatoms. The molecular formula is C8H15NO4. The third kappa shape index (κ3) is 5.05. The molecular weight excluding hydrogens is 174 g/mol. The summed E-state index contributed by atoms with van der Waals surface area (Å²) >= 11 is 0. The average Bonchev–Trinajstić information content (AvgIpc) is 2.02. The summed E-state index contributed by atoms with van der Waals surface area (Å²) in [4.78, 5) is 21.6. The number of carbonyl (C=O) groups excluding carboxylic acids is 2. The summed E-state index contributed by atoms with van der Waals surface area (Å²) in [5.41, 5.74) is -0.558. The molecule has 0 aliphatic heterocycles. The second-order valence-corrected chi connectivity index (χ2v) is 3.49. The third-order valence-corrected chi connectivity index (χ3v) is 1.22. The van der Waals surface area contributed by atoms with Crippen LogP contribution in [0.25, 0.3) is 0 Å². The van der Waals surface area contributed by atoms with Gasteiger partial charge in [0.05, 0.1) is 12.5 Å². The lowest BCUT2D eigenvalue weighted by molar-refractivity contribution is -0.153. The van der Waals surface area contributed by atoms with Gasteiger partial charge in [-0.3, -0.25) is 10.1 Å². The molecule has 0 saturated carbocycles. The first-order chi connectivity index (χ1) is 5.88. The first-order valence-electron chi connectivity index (χ1n) is 3.87. The van der Waals surface area contributed by atoms with E-state index < -0.39 is 11.5 Å². The largest absolute Gasteiger partial charge is 0.453 e. The van der Waals surface area contributed by atoms with Crippen molar-refractivity contribution in [2.75, 3.05) is 13.8 Å². The fourth-order valence-electron chi connectivity index (χ4n) is 0.449. The Hall–Kier alpha value is -1.26. The Labute approximate surface area is 77.4 Å². The van der Waals surface area contributed by atoms with E-state index in [1.54, 1.807) is 20.8 Å². The van der Waals surface area contributed by atoms with Gasteiger partial charge in [0.25, 0.3) is 0 Å². The summed E-state index contributed by atoms with van der Waals surface area (Å²) in [6.45, 7) is 5.03. The second-order valence-electron chi connectivity index (χ2n) is 3.49. The molecule has 1 N–H and O–H groups in total. The van der Waals surface area contributed by atoms with Crippen LogP contribution in [0.1, 0.15) is 20.8 Å². The fourth-order valence-corrected chi connectivity index (χ4v) is 0.449. The molecule has 0 rings (SSSR count). The molecule has 0 fully saturated rings. The van der Waals surface area contributed by atoms with Gasteiger partial charge in [0.1, 0.15) is 0 Å². The molecule has 0 radical (unpaired) electrons. The van der Waals surface area contributed by atoms with Gasteiger partial charge < -0.3 is 9.47 Å². The minimum atomic E-state index is -0.623. The van der Waals surface area contributed by atoms with Crippen LogP contribution in [-0.2, 0) is 14.3 Å². The SMILES string of the molecule is COC(=O)NCOC(=O)C(C)(C)C. The summed E-state index contributed by atoms with van der Waals surface area (Å²) in [5, 5.41) is 2.23. The highest BCUT2D eigenvalue weighted by molar-refractivity contribution is 5.75. The molecule has 0 aromatic rings. The Balaban J connectivity index is 3.67. The normalized spacial score (nSPS) is 10.5. The highest BCUT2D eigenvalue weighted by Crippen LogP contribution is 2.14. The van der Waals surface area contributed by atoms with Crippen molar-refractivity contribution < 1.29 is 19.1 Å². The average molecular weight is 189 g/mol. The summed E-state index contributed by atoms with van der Waals surface area (Å²) < 4.78 is 9.00. The van der Waals surface area contributed by atoms with Gasteiger partial charge in [0, 0.05) is 0 Å². The molecule has 76 valence electrons. The zero-order chi connectivity index (χ0) is 10.5. The first-order valence-corrected chi connectivity index (χ1v) is 3.87. The standard InChI is InChI=1S/C8H15NO4/c1-8(2,3)6(10)13-5-9-7(11)12-4/h5H2,1-4H3,(H,9,11). The summed E-state index contributed by atoms with van der Waals surface area (Å²) in [6.07, 6.45) is -0.623. The van der Waals surface area contributed by atoms with Gasteiger partial charge in [-0.15, -0.1) is 0 Å². The highest BCUT2D eigenvalue weighted by atomic mass is 16.6. The van der Waals surface area contributed by atoms with Crippen LogP contribution in [-0.4, -0.2) is 25.9 Å². The second kappa shape index (κ2) is 4.69.